The lowest BCUT2D eigenvalue weighted by Crippen LogP contribution is -2.38. The Kier molecular flexibility index (Phi) is 7.42. The lowest BCUT2D eigenvalue weighted by molar-refractivity contribution is -0.127. The molecule has 0 bridgehead atoms. The van der Waals surface area contributed by atoms with E-state index in [0.29, 0.717) is 41.0 Å². The van der Waals surface area contributed by atoms with Crippen molar-refractivity contribution >= 4 is 28.7 Å². The molecule has 0 aliphatic rings. The summed E-state index contributed by atoms with van der Waals surface area (Å²) in [4.78, 5) is 48.9. The van der Waals surface area contributed by atoms with E-state index in [9.17, 15) is 14.4 Å². The van der Waals surface area contributed by atoms with E-state index in [2.05, 4.69) is 9.97 Å². The molecule has 0 fully saturated rings. The van der Waals surface area contributed by atoms with Gasteiger partial charge in [-0.2, -0.15) is 0 Å². The smallest absolute Gasteiger partial charge is 0.332 e. The number of aryl methyl sites for hydroxylation is 1. The highest BCUT2D eigenvalue weighted by Gasteiger charge is 2.20. The van der Waals surface area contributed by atoms with Crippen molar-refractivity contribution in [3.63, 3.8) is 0 Å². The van der Waals surface area contributed by atoms with Gasteiger partial charge in [0.05, 0.1) is 20.0 Å². The van der Waals surface area contributed by atoms with Gasteiger partial charge >= 0.3 is 5.69 Å². The van der Waals surface area contributed by atoms with Gasteiger partial charge in [0.25, 0.3) is 5.56 Å². The molecule has 3 rings (SSSR count). The molecule has 0 spiro atoms. The third-order valence-corrected chi connectivity index (χ3v) is 6.32. The van der Waals surface area contributed by atoms with Gasteiger partial charge in [-0.05, 0) is 32.0 Å². The van der Waals surface area contributed by atoms with Gasteiger partial charge in [0, 0.05) is 32.7 Å². The van der Waals surface area contributed by atoms with Crippen LogP contribution in [0.3, 0.4) is 0 Å². The zero-order valence-corrected chi connectivity index (χ0v) is 20.4. The number of carbonyl (C=O) groups is 1. The number of carbonyl (C=O) groups excluding carboxylic acids is 1. The number of hydrogen-bond acceptors (Lipinski definition) is 8. The average molecular weight is 474 g/mol. The molecule has 1 aromatic carbocycles. The Labute approximate surface area is 195 Å². The summed E-state index contributed by atoms with van der Waals surface area (Å²) in [5.41, 5.74) is -0.204. The number of aromatic nitrogens is 4. The van der Waals surface area contributed by atoms with E-state index in [4.69, 9.17) is 9.47 Å². The summed E-state index contributed by atoms with van der Waals surface area (Å²) in [7, 11) is 6.01. The van der Waals surface area contributed by atoms with E-state index in [1.807, 2.05) is 13.8 Å². The highest BCUT2D eigenvalue weighted by molar-refractivity contribution is 8.00. The Morgan fingerprint density at radius 3 is 2.30 bits per heavy atom. The van der Waals surface area contributed by atoms with E-state index < -0.39 is 11.2 Å². The number of thioether (sulfide) groups is 1. The Balaban J connectivity index is 2.22. The van der Waals surface area contributed by atoms with Crippen LogP contribution in [-0.4, -0.2) is 63.0 Å². The topological polar surface area (TPSA) is 109 Å². The molecule has 2 aromatic heterocycles. The number of methoxy groups -OCH3 is 2. The van der Waals surface area contributed by atoms with Crippen molar-refractivity contribution in [3.05, 3.63) is 39.0 Å². The van der Waals surface area contributed by atoms with Crippen LogP contribution in [0.25, 0.3) is 22.4 Å². The number of benzene rings is 1. The third kappa shape index (κ3) is 4.58. The summed E-state index contributed by atoms with van der Waals surface area (Å²) in [6.45, 7) is 5.00. The maximum Gasteiger partial charge on any atom is 0.332 e. The quantitative estimate of drug-likeness (QED) is 0.359. The largest absolute Gasteiger partial charge is 0.493 e. The molecule has 176 valence electrons. The van der Waals surface area contributed by atoms with Crippen molar-refractivity contribution in [3.8, 4) is 22.9 Å². The molecule has 10 nitrogen and oxygen atoms in total. The predicted molar refractivity (Wildman–Crippen MR) is 127 cm³/mol. The van der Waals surface area contributed by atoms with E-state index in [1.165, 1.54) is 25.8 Å². The van der Waals surface area contributed by atoms with Crippen LogP contribution in [0, 0.1) is 0 Å². The summed E-state index contributed by atoms with van der Waals surface area (Å²) in [5, 5.41) is 0.530. The molecule has 3 aromatic rings. The number of amides is 1. The maximum atomic E-state index is 13.0. The minimum atomic E-state index is -0.509. The second-order valence-electron chi connectivity index (χ2n) is 7.18. The molecule has 11 heteroatoms. The highest BCUT2D eigenvalue weighted by atomic mass is 32.2. The van der Waals surface area contributed by atoms with E-state index in [0.717, 1.165) is 16.3 Å². The monoisotopic (exact) mass is 473 g/mol. The average Bonchev–Trinajstić information content (AvgIpc) is 2.84. The number of fused-ring (bicyclic) bond motifs is 1. The molecular formula is C22H27N5O5S. The zero-order valence-electron chi connectivity index (χ0n) is 19.5. The molecule has 1 amide bonds. The van der Waals surface area contributed by atoms with Gasteiger partial charge in [0.2, 0.25) is 5.91 Å². The first-order valence-electron chi connectivity index (χ1n) is 10.4. The van der Waals surface area contributed by atoms with Gasteiger partial charge in [-0.3, -0.25) is 18.7 Å². The SMILES string of the molecule is CCN(CC)C(=O)CSc1nc(-c2ccc(OC)c(OC)c2)nc2c1c(=O)n(C)c(=O)n2C. The summed E-state index contributed by atoms with van der Waals surface area (Å²) >= 11 is 1.15. The number of rotatable bonds is 8. The minimum absolute atomic E-state index is 0.0638. The molecule has 0 aliphatic heterocycles. The predicted octanol–water partition coefficient (Wildman–Crippen LogP) is 1.67. The fourth-order valence-electron chi connectivity index (χ4n) is 3.44. The van der Waals surface area contributed by atoms with Crippen LogP contribution in [0.4, 0.5) is 0 Å². The molecule has 0 N–H and O–H groups in total. The summed E-state index contributed by atoms with van der Waals surface area (Å²) in [5.74, 6) is 1.37. The molecule has 33 heavy (non-hydrogen) atoms. The summed E-state index contributed by atoms with van der Waals surface area (Å²) < 4.78 is 13.0. The molecular weight excluding hydrogens is 446 g/mol. The number of hydrogen-bond donors (Lipinski definition) is 0. The second-order valence-corrected chi connectivity index (χ2v) is 8.15. The van der Waals surface area contributed by atoms with Crippen molar-refractivity contribution in [1.29, 1.82) is 0 Å². The van der Waals surface area contributed by atoms with Crippen LogP contribution >= 0.6 is 11.8 Å². The Morgan fingerprint density at radius 1 is 1.03 bits per heavy atom. The van der Waals surface area contributed by atoms with E-state index in [-0.39, 0.29) is 22.7 Å². The van der Waals surface area contributed by atoms with Gasteiger partial charge in [-0.1, -0.05) is 11.8 Å². The third-order valence-electron chi connectivity index (χ3n) is 5.36. The van der Waals surface area contributed by atoms with Crippen molar-refractivity contribution in [1.82, 2.24) is 24.0 Å². The lowest BCUT2D eigenvalue weighted by atomic mass is 10.2. The number of nitrogens with zero attached hydrogens (tertiary/aromatic N) is 5. The second kappa shape index (κ2) is 10.1. The first-order chi connectivity index (χ1) is 15.8. The van der Waals surface area contributed by atoms with Crippen molar-refractivity contribution in [2.24, 2.45) is 14.1 Å². The van der Waals surface area contributed by atoms with Gasteiger partial charge < -0.3 is 14.4 Å². The fraction of sp³-hybridized carbons (Fsp3) is 0.409. The molecule has 0 atom stereocenters. The first kappa shape index (κ1) is 24.3. The normalized spacial score (nSPS) is 11.0. The molecule has 0 saturated carbocycles. The summed E-state index contributed by atoms with van der Waals surface area (Å²) in [6.07, 6.45) is 0. The molecule has 0 saturated heterocycles. The van der Waals surface area contributed by atoms with Crippen LogP contribution in [0.5, 0.6) is 11.5 Å². The molecule has 0 unspecified atom stereocenters. The number of ether oxygens (including phenoxy) is 2. The molecule has 2 heterocycles. The van der Waals surface area contributed by atoms with E-state index >= 15 is 0 Å². The van der Waals surface area contributed by atoms with Crippen molar-refractivity contribution in [2.45, 2.75) is 18.9 Å². The van der Waals surface area contributed by atoms with Gasteiger partial charge in [0.15, 0.2) is 23.0 Å². The Bertz CT molecular complexity index is 1310. The maximum absolute atomic E-state index is 13.0. The van der Waals surface area contributed by atoms with Crippen LogP contribution in [0.2, 0.25) is 0 Å². The Morgan fingerprint density at radius 2 is 1.70 bits per heavy atom. The molecule has 0 aliphatic carbocycles. The van der Waals surface area contributed by atoms with Crippen LogP contribution in [0.1, 0.15) is 13.8 Å². The highest BCUT2D eigenvalue weighted by Crippen LogP contribution is 2.32. The minimum Gasteiger partial charge on any atom is -0.493 e. The van der Waals surface area contributed by atoms with Crippen molar-refractivity contribution in [2.75, 3.05) is 33.1 Å². The van der Waals surface area contributed by atoms with Gasteiger partial charge in [0.1, 0.15) is 10.4 Å². The Hall–Kier alpha value is -3.34. The lowest BCUT2D eigenvalue weighted by Gasteiger charge is -2.18. The zero-order chi connectivity index (χ0) is 24.3. The van der Waals surface area contributed by atoms with E-state index in [1.54, 1.807) is 30.1 Å². The van der Waals surface area contributed by atoms with Crippen LogP contribution in [0.15, 0.2) is 32.8 Å². The van der Waals surface area contributed by atoms with Gasteiger partial charge in [-0.15, -0.1) is 0 Å². The first-order valence-corrected chi connectivity index (χ1v) is 11.4. The van der Waals surface area contributed by atoms with Crippen molar-refractivity contribution < 1.29 is 14.3 Å². The van der Waals surface area contributed by atoms with Crippen LogP contribution in [-0.2, 0) is 18.9 Å². The van der Waals surface area contributed by atoms with Crippen LogP contribution < -0.4 is 20.7 Å². The summed E-state index contributed by atoms with van der Waals surface area (Å²) in [6, 6.07) is 5.20. The van der Waals surface area contributed by atoms with Gasteiger partial charge in [-0.25, -0.2) is 14.8 Å². The standard InChI is InChI=1S/C22H27N5O5S/c1-7-27(8-2)16(28)12-33-20-17-19(25(3)22(30)26(4)21(17)29)23-18(24-20)13-9-10-14(31-5)15(11-13)32-6/h9-11H,7-8,12H2,1-6H3. The molecule has 0 radical (unpaired) electrons. The fourth-order valence-corrected chi connectivity index (χ4v) is 4.35.